The van der Waals surface area contributed by atoms with E-state index in [1.54, 1.807) is 23.3 Å². The van der Waals surface area contributed by atoms with Crippen LogP contribution in [0.2, 0.25) is 0 Å². The topological polar surface area (TPSA) is 49.4 Å². The lowest BCUT2D eigenvalue weighted by Crippen LogP contribution is -2.38. The minimum absolute atomic E-state index is 0.0184. The molecule has 4 nitrogen and oxygen atoms in total. The number of thiophene rings is 1. The highest BCUT2D eigenvalue weighted by molar-refractivity contribution is 7.10. The van der Waals surface area contributed by atoms with Gasteiger partial charge in [0.1, 0.15) is 0 Å². The van der Waals surface area contributed by atoms with Crippen LogP contribution in [0.1, 0.15) is 16.0 Å². The molecule has 0 spiro atoms. The Morgan fingerprint density at radius 3 is 2.62 bits per heavy atom. The summed E-state index contributed by atoms with van der Waals surface area (Å²) in [5, 5.41) is 6.95. The maximum atomic E-state index is 12.3. The maximum Gasteiger partial charge on any atom is 0.242 e. The number of nitrogens with one attached hydrogen (secondary N) is 1. The van der Waals surface area contributed by atoms with Crippen LogP contribution in [0.25, 0.3) is 10.8 Å². The zero-order chi connectivity index (χ0) is 18.5. The third-order valence-corrected chi connectivity index (χ3v) is 5.45. The van der Waals surface area contributed by atoms with Crippen molar-refractivity contribution in [3.63, 3.8) is 0 Å². The van der Waals surface area contributed by atoms with Gasteiger partial charge in [0.2, 0.25) is 11.8 Å². The fraction of sp³-hybridized carbons (Fsp3) is 0.238. The first kappa shape index (κ1) is 18.1. The van der Waals surface area contributed by atoms with Gasteiger partial charge in [-0.15, -0.1) is 11.3 Å². The van der Waals surface area contributed by atoms with Crippen molar-refractivity contribution < 1.29 is 9.59 Å². The monoisotopic (exact) mass is 366 g/mol. The van der Waals surface area contributed by atoms with Crippen LogP contribution in [0.5, 0.6) is 0 Å². The normalized spacial score (nSPS) is 10.7. The van der Waals surface area contributed by atoms with E-state index in [1.165, 1.54) is 10.4 Å². The van der Waals surface area contributed by atoms with Gasteiger partial charge in [-0.25, -0.2) is 0 Å². The highest BCUT2D eigenvalue weighted by Gasteiger charge is 2.13. The molecule has 0 aliphatic rings. The smallest absolute Gasteiger partial charge is 0.242 e. The van der Waals surface area contributed by atoms with Crippen LogP contribution >= 0.6 is 11.3 Å². The van der Waals surface area contributed by atoms with E-state index in [1.807, 2.05) is 60.8 Å². The van der Waals surface area contributed by atoms with Gasteiger partial charge < -0.3 is 10.2 Å². The van der Waals surface area contributed by atoms with E-state index in [0.717, 1.165) is 16.3 Å². The molecular weight excluding hydrogens is 344 g/mol. The van der Waals surface area contributed by atoms with Crippen LogP contribution in [0, 0.1) is 6.92 Å². The summed E-state index contributed by atoms with van der Waals surface area (Å²) >= 11 is 1.64. The van der Waals surface area contributed by atoms with Crippen molar-refractivity contribution in [2.45, 2.75) is 19.9 Å². The largest absolute Gasteiger partial charge is 0.347 e. The molecule has 0 fully saturated rings. The van der Waals surface area contributed by atoms with Crippen LogP contribution in [-0.2, 0) is 22.6 Å². The Morgan fingerprint density at radius 2 is 1.85 bits per heavy atom. The van der Waals surface area contributed by atoms with Crippen molar-refractivity contribution in [2.75, 3.05) is 13.6 Å². The van der Waals surface area contributed by atoms with Gasteiger partial charge in [-0.3, -0.25) is 9.59 Å². The van der Waals surface area contributed by atoms with E-state index in [0.29, 0.717) is 6.54 Å². The van der Waals surface area contributed by atoms with Crippen molar-refractivity contribution in [3.05, 3.63) is 69.9 Å². The molecule has 3 aromatic rings. The van der Waals surface area contributed by atoms with E-state index in [9.17, 15) is 9.59 Å². The van der Waals surface area contributed by atoms with E-state index < -0.39 is 0 Å². The van der Waals surface area contributed by atoms with Crippen LogP contribution in [0.3, 0.4) is 0 Å². The highest BCUT2D eigenvalue weighted by atomic mass is 32.1. The van der Waals surface area contributed by atoms with Gasteiger partial charge in [0.05, 0.1) is 19.5 Å². The maximum absolute atomic E-state index is 12.3. The van der Waals surface area contributed by atoms with Crippen LogP contribution in [0.4, 0.5) is 0 Å². The van der Waals surface area contributed by atoms with Crippen molar-refractivity contribution >= 4 is 33.9 Å². The summed E-state index contributed by atoms with van der Waals surface area (Å²) in [6, 6.07) is 16.0. The number of amides is 2. The lowest BCUT2D eigenvalue weighted by molar-refractivity contribution is -0.132. The number of carbonyl (C=O) groups excluding carboxylic acids is 2. The molecular formula is C21H22N2O2S. The molecule has 5 heteroatoms. The fourth-order valence-electron chi connectivity index (χ4n) is 2.86. The van der Waals surface area contributed by atoms with Crippen molar-refractivity contribution in [1.29, 1.82) is 0 Å². The Kier molecular flexibility index (Phi) is 5.68. The van der Waals surface area contributed by atoms with E-state index in [4.69, 9.17) is 0 Å². The van der Waals surface area contributed by atoms with E-state index in [2.05, 4.69) is 5.32 Å². The molecule has 0 radical (unpaired) electrons. The molecule has 1 aromatic heterocycles. The zero-order valence-electron chi connectivity index (χ0n) is 15.0. The number of aryl methyl sites for hydroxylation is 1. The molecule has 2 aromatic carbocycles. The first-order chi connectivity index (χ1) is 12.5. The van der Waals surface area contributed by atoms with E-state index >= 15 is 0 Å². The standard InChI is InChI=1S/C21H22N2O2S/c1-15-10-11-26-19(15)14-23(2)21(25)13-22-20(24)12-17-8-5-7-16-6-3-4-9-18(16)17/h3-11H,12-14H2,1-2H3,(H,22,24). The van der Waals surface area contributed by atoms with Gasteiger partial charge in [-0.05, 0) is 40.3 Å². The molecule has 2 amide bonds. The van der Waals surface area contributed by atoms with Gasteiger partial charge in [0.25, 0.3) is 0 Å². The summed E-state index contributed by atoms with van der Waals surface area (Å²) in [6.45, 7) is 2.63. The molecule has 1 heterocycles. The van der Waals surface area contributed by atoms with Gasteiger partial charge in [0.15, 0.2) is 0 Å². The first-order valence-electron chi connectivity index (χ1n) is 8.55. The number of fused-ring (bicyclic) bond motifs is 1. The Bertz CT molecular complexity index is 927. The third kappa shape index (κ3) is 4.29. The fourth-order valence-corrected chi connectivity index (χ4v) is 3.82. The number of hydrogen-bond acceptors (Lipinski definition) is 3. The lowest BCUT2D eigenvalue weighted by atomic mass is 10.0. The van der Waals surface area contributed by atoms with Crippen LogP contribution in [0.15, 0.2) is 53.9 Å². The SMILES string of the molecule is Cc1ccsc1CN(C)C(=O)CNC(=O)Cc1cccc2ccccc12. The summed E-state index contributed by atoms with van der Waals surface area (Å²) in [5.41, 5.74) is 2.16. The quantitative estimate of drug-likeness (QED) is 0.726. The molecule has 3 rings (SSSR count). The molecule has 0 bridgehead atoms. The number of carbonyl (C=O) groups is 2. The number of benzene rings is 2. The average molecular weight is 366 g/mol. The van der Waals surface area contributed by atoms with Crippen LogP contribution < -0.4 is 5.32 Å². The lowest BCUT2D eigenvalue weighted by Gasteiger charge is -2.17. The second-order valence-electron chi connectivity index (χ2n) is 6.37. The number of likely N-dealkylation sites (N-methyl/N-ethyl adjacent to an activating group) is 1. The molecule has 0 saturated heterocycles. The Balaban J connectivity index is 1.55. The molecule has 0 aliphatic carbocycles. The highest BCUT2D eigenvalue weighted by Crippen LogP contribution is 2.19. The van der Waals surface area contributed by atoms with E-state index in [-0.39, 0.29) is 24.8 Å². The van der Waals surface area contributed by atoms with Gasteiger partial charge in [-0.1, -0.05) is 42.5 Å². The molecule has 0 saturated carbocycles. The second kappa shape index (κ2) is 8.15. The van der Waals surface area contributed by atoms with Crippen molar-refractivity contribution in [2.24, 2.45) is 0 Å². The van der Waals surface area contributed by atoms with Gasteiger partial charge in [0, 0.05) is 11.9 Å². The Hall–Kier alpha value is -2.66. The summed E-state index contributed by atoms with van der Waals surface area (Å²) in [7, 11) is 1.76. The number of rotatable bonds is 6. The molecule has 134 valence electrons. The van der Waals surface area contributed by atoms with Gasteiger partial charge in [-0.2, -0.15) is 0 Å². The molecule has 0 aliphatic heterocycles. The summed E-state index contributed by atoms with van der Waals surface area (Å²) < 4.78 is 0. The predicted molar refractivity (Wildman–Crippen MR) is 106 cm³/mol. The summed E-state index contributed by atoms with van der Waals surface area (Å²) in [5.74, 6) is -0.237. The minimum Gasteiger partial charge on any atom is -0.347 e. The second-order valence-corrected chi connectivity index (χ2v) is 7.37. The summed E-state index contributed by atoms with van der Waals surface area (Å²) in [4.78, 5) is 27.4. The summed E-state index contributed by atoms with van der Waals surface area (Å²) in [6.07, 6.45) is 0.266. The first-order valence-corrected chi connectivity index (χ1v) is 9.43. The Morgan fingerprint density at radius 1 is 1.08 bits per heavy atom. The number of nitrogens with zero attached hydrogens (tertiary/aromatic N) is 1. The van der Waals surface area contributed by atoms with Crippen molar-refractivity contribution in [1.82, 2.24) is 10.2 Å². The minimum atomic E-state index is -0.143. The third-order valence-electron chi connectivity index (χ3n) is 4.44. The Labute approximate surface area is 157 Å². The molecule has 1 N–H and O–H groups in total. The molecule has 0 atom stereocenters. The van der Waals surface area contributed by atoms with Crippen molar-refractivity contribution in [3.8, 4) is 0 Å². The van der Waals surface area contributed by atoms with Crippen LogP contribution in [-0.4, -0.2) is 30.3 Å². The molecule has 0 unspecified atom stereocenters. The predicted octanol–water partition coefficient (Wildman–Crippen LogP) is 3.53. The zero-order valence-corrected chi connectivity index (χ0v) is 15.8. The molecule has 26 heavy (non-hydrogen) atoms. The average Bonchev–Trinajstić information content (AvgIpc) is 3.04. The van der Waals surface area contributed by atoms with Gasteiger partial charge >= 0.3 is 0 Å². The number of hydrogen-bond donors (Lipinski definition) is 1.